The molecule has 0 aromatic rings. The molecule has 86 valence electrons. The van der Waals surface area contributed by atoms with Gasteiger partial charge in [-0.1, -0.05) is 48.1 Å². The summed E-state index contributed by atoms with van der Waals surface area (Å²) in [6.07, 6.45) is 1.83. The van der Waals surface area contributed by atoms with Crippen molar-refractivity contribution < 1.29 is 0 Å². The summed E-state index contributed by atoms with van der Waals surface area (Å²) in [6, 6.07) is 0. The molecular formula is C13H24N2. The van der Waals surface area contributed by atoms with Crippen molar-refractivity contribution in [3.63, 3.8) is 0 Å². The van der Waals surface area contributed by atoms with Crippen LogP contribution in [0.3, 0.4) is 0 Å². The second-order valence-electron chi connectivity index (χ2n) is 5.81. The molecule has 0 saturated heterocycles. The minimum absolute atomic E-state index is 0.0211. The number of hydrogen-bond acceptors (Lipinski definition) is 2. The fraction of sp³-hybridized carbons (Fsp3) is 0.692. The molecule has 2 nitrogen and oxygen atoms in total. The van der Waals surface area contributed by atoms with E-state index in [1.807, 2.05) is 6.21 Å². The summed E-state index contributed by atoms with van der Waals surface area (Å²) in [5, 5.41) is 0. The van der Waals surface area contributed by atoms with E-state index in [-0.39, 0.29) is 10.8 Å². The van der Waals surface area contributed by atoms with Gasteiger partial charge in [0.1, 0.15) is 0 Å². The summed E-state index contributed by atoms with van der Waals surface area (Å²) in [5.74, 6) is 0. The lowest BCUT2D eigenvalue weighted by molar-refractivity contribution is 0.501. The average Bonchev–Trinajstić information content (AvgIpc) is 2.00. The van der Waals surface area contributed by atoms with Crippen molar-refractivity contribution in [2.75, 3.05) is 7.05 Å². The maximum absolute atomic E-state index is 4.38. The minimum Gasteiger partial charge on any atom is -0.291 e. The van der Waals surface area contributed by atoms with Crippen molar-refractivity contribution in [1.82, 2.24) is 0 Å². The average molecular weight is 208 g/mol. The Labute approximate surface area is 94.2 Å². The van der Waals surface area contributed by atoms with Crippen molar-refractivity contribution in [3.05, 3.63) is 12.3 Å². The highest BCUT2D eigenvalue weighted by atomic mass is 14.8. The maximum atomic E-state index is 4.38. The zero-order valence-electron chi connectivity index (χ0n) is 11.2. The molecule has 0 aliphatic carbocycles. The Bertz CT molecular complexity index is 283. The summed E-state index contributed by atoms with van der Waals surface area (Å²) in [5.41, 5.74) is 1.93. The van der Waals surface area contributed by atoms with Crippen LogP contribution in [0.5, 0.6) is 0 Å². The Morgan fingerprint density at radius 3 is 1.73 bits per heavy atom. The maximum Gasteiger partial charge on any atom is 0.0580 e. The summed E-state index contributed by atoms with van der Waals surface area (Å²) >= 11 is 0. The smallest absolute Gasteiger partial charge is 0.0580 e. The highest BCUT2D eigenvalue weighted by Gasteiger charge is 2.18. The molecule has 0 aromatic carbocycles. The van der Waals surface area contributed by atoms with E-state index in [4.69, 9.17) is 0 Å². The Balaban J connectivity index is 4.75. The zero-order chi connectivity index (χ0) is 12.3. The van der Waals surface area contributed by atoms with Gasteiger partial charge in [-0.05, 0) is 0 Å². The predicted molar refractivity (Wildman–Crippen MR) is 69.9 cm³/mol. The van der Waals surface area contributed by atoms with Crippen LogP contribution in [-0.4, -0.2) is 19.0 Å². The molecule has 2 heteroatoms. The third-order valence-corrected chi connectivity index (χ3v) is 2.22. The molecule has 15 heavy (non-hydrogen) atoms. The van der Waals surface area contributed by atoms with Crippen molar-refractivity contribution in [2.24, 2.45) is 20.8 Å². The molecule has 0 aliphatic heterocycles. The lowest BCUT2D eigenvalue weighted by atomic mass is 9.90. The number of aliphatic imine (C=N–C) groups is 2. The van der Waals surface area contributed by atoms with Gasteiger partial charge in [-0.2, -0.15) is 0 Å². The molecule has 0 aromatic heterocycles. The first kappa shape index (κ1) is 14.1. The van der Waals surface area contributed by atoms with Gasteiger partial charge in [-0.3, -0.25) is 9.98 Å². The van der Waals surface area contributed by atoms with E-state index < -0.39 is 0 Å². The fourth-order valence-corrected chi connectivity index (χ4v) is 0.920. The summed E-state index contributed by atoms with van der Waals surface area (Å²) < 4.78 is 0. The molecule has 0 N–H and O–H groups in total. The lowest BCUT2D eigenvalue weighted by Gasteiger charge is -2.20. The largest absolute Gasteiger partial charge is 0.291 e. The summed E-state index contributed by atoms with van der Waals surface area (Å²) in [7, 11) is 1.80. The second-order valence-corrected chi connectivity index (χ2v) is 5.81. The molecule has 0 atom stereocenters. The Kier molecular flexibility index (Phi) is 4.44. The third kappa shape index (κ3) is 4.91. The molecule has 0 unspecified atom stereocenters. The predicted octanol–water partition coefficient (Wildman–Crippen LogP) is 3.73. The van der Waals surface area contributed by atoms with Crippen LogP contribution in [0.25, 0.3) is 0 Å². The van der Waals surface area contributed by atoms with Gasteiger partial charge >= 0.3 is 0 Å². The van der Waals surface area contributed by atoms with Gasteiger partial charge in [-0.15, -0.1) is 0 Å². The van der Waals surface area contributed by atoms with Crippen LogP contribution in [0.2, 0.25) is 0 Å². The van der Waals surface area contributed by atoms with E-state index >= 15 is 0 Å². The van der Waals surface area contributed by atoms with Gasteiger partial charge in [0, 0.05) is 29.8 Å². The Morgan fingerprint density at radius 2 is 1.47 bits per heavy atom. The van der Waals surface area contributed by atoms with Crippen LogP contribution in [0.15, 0.2) is 22.3 Å². The van der Waals surface area contributed by atoms with E-state index in [0.29, 0.717) is 0 Å². The molecule has 0 amide bonds. The van der Waals surface area contributed by atoms with E-state index in [1.165, 1.54) is 0 Å². The fourth-order valence-electron chi connectivity index (χ4n) is 0.920. The first-order chi connectivity index (χ1) is 6.59. The van der Waals surface area contributed by atoms with Crippen LogP contribution >= 0.6 is 0 Å². The van der Waals surface area contributed by atoms with Crippen LogP contribution in [-0.2, 0) is 0 Å². The molecule has 0 heterocycles. The highest BCUT2D eigenvalue weighted by Crippen LogP contribution is 2.24. The van der Waals surface area contributed by atoms with Gasteiger partial charge < -0.3 is 0 Å². The van der Waals surface area contributed by atoms with Crippen LogP contribution in [0.4, 0.5) is 0 Å². The van der Waals surface area contributed by atoms with E-state index in [2.05, 4.69) is 58.1 Å². The molecule has 0 saturated carbocycles. The standard InChI is InChI=1S/C13H24N2/c1-10(12(2,3)4)15-9-11(14-8)13(5,6)7/h9H,1H2,2-8H3. The second kappa shape index (κ2) is 4.73. The number of nitrogens with zero attached hydrogens (tertiary/aromatic N) is 2. The van der Waals surface area contributed by atoms with Crippen LogP contribution in [0, 0.1) is 10.8 Å². The Morgan fingerprint density at radius 1 is 1.00 bits per heavy atom. The van der Waals surface area contributed by atoms with E-state index in [9.17, 15) is 0 Å². The van der Waals surface area contributed by atoms with Crippen molar-refractivity contribution >= 4 is 11.9 Å². The monoisotopic (exact) mass is 208 g/mol. The number of rotatable bonds is 2. The van der Waals surface area contributed by atoms with Gasteiger partial charge in [0.05, 0.1) is 5.71 Å². The normalized spacial score (nSPS) is 14.7. The van der Waals surface area contributed by atoms with Crippen LogP contribution in [0.1, 0.15) is 41.5 Å². The minimum atomic E-state index is 0.0211. The molecule has 0 spiro atoms. The van der Waals surface area contributed by atoms with Gasteiger partial charge in [0.25, 0.3) is 0 Å². The molecule has 0 radical (unpaired) electrons. The zero-order valence-corrected chi connectivity index (χ0v) is 11.2. The van der Waals surface area contributed by atoms with E-state index in [0.717, 1.165) is 11.4 Å². The number of allylic oxidation sites excluding steroid dienone is 1. The first-order valence-corrected chi connectivity index (χ1v) is 5.29. The van der Waals surface area contributed by atoms with Crippen molar-refractivity contribution in [3.8, 4) is 0 Å². The highest BCUT2D eigenvalue weighted by molar-refractivity contribution is 6.32. The van der Waals surface area contributed by atoms with Crippen molar-refractivity contribution in [2.45, 2.75) is 41.5 Å². The molecule has 0 rings (SSSR count). The van der Waals surface area contributed by atoms with E-state index in [1.54, 1.807) is 7.05 Å². The molecule has 0 bridgehead atoms. The molecular weight excluding hydrogens is 184 g/mol. The molecule has 0 aliphatic rings. The molecule has 0 fully saturated rings. The quantitative estimate of drug-likeness (QED) is 0.618. The third-order valence-electron chi connectivity index (χ3n) is 2.22. The van der Waals surface area contributed by atoms with Gasteiger partial charge in [0.2, 0.25) is 0 Å². The first-order valence-electron chi connectivity index (χ1n) is 5.29. The lowest BCUT2D eigenvalue weighted by Crippen LogP contribution is -2.22. The SMILES string of the molecule is C=C(N=CC(=NC)C(C)(C)C)C(C)(C)C. The summed E-state index contributed by atoms with van der Waals surface area (Å²) in [6.45, 7) is 16.7. The van der Waals surface area contributed by atoms with Crippen molar-refractivity contribution in [1.29, 1.82) is 0 Å². The topological polar surface area (TPSA) is 24.7 Å². The Hall–Kier alpha value is -0.920. The van der Waals surface area contributed by atoms with Gasteiger partial charge in [-0.25, -0.2) is 0 Å². The van der Waals surface area contributed by atoms with Crippen LogP contribution < -0.4 is 0 Å². The summed E-state index contributed by atoms with van der Waals surface area (Å²) in [4.78, 5) is 8.62. The van der Waals surface area contributed by atoms with Gasteiger partial charge in [0.15, 0.2) is 0 Å². The number of hydrogen-bond donors (Lipinski definition) is 0.